The molecule has 18 heavy (non-hydrogen) atoms. The molecule has 0 spiro atoms. The lowest BCUT2D eigenvalue weighted by Crippen LogP contribution is -2.35. The van der Waals surface area contributed by atoms with Crippen LogP contribution >= 0.6 is 11.8 Å². The number of nitrogens with zero attached hydrogens (tertiary/aromatic N) is 2. The third kappa shape index (κ3) is 3.91. The maximum atomic E-state index is 11.0. The first-order chi connectivity index (χ1) is 8.55. The van der Waals surface area contributed by atoms with Gasteiger partial charge in [-0.1, -0.05) is 0 Å². The number of guanidine groups is 1. The van der Waals surface area contributed by atoms with Crippen molar-refractivity contribution < 1.29 is 8.42 Å². The van der Waals surface area contributed by atoms with E-state index in [-0.39, 0.29) is 5.88 Å². The molecule has 0 radical (unpaired) electrons. The molecule has 0 amide bonds. The lowest BCUT2D eigenvalue weighted by Gasteiger charge is -2.04. The summed E-state index contributed by atoms with van der Waals surface area (Å²) in [6.07, 6.45) is 1.80. The number of thioether (sulfide) groups is 1. The van der Waals surface area contributed by atoms with Crippen LogP contribution in [0, 0.1) is 6.92 Å². The minimum absolute atomic E-state index is 0.117. The highest BCUT2D eigenvalue weighted by molar-refractivity contribution is 7.98. The Kier molecular flexibility index (Phi) is 4.12. The molecular weight excluding hydrogens is 274 g/mol. The van der Waals surface area contributed by atoms with E-state index >= 15 is 0 Å². The molecule has 2 heterocycles. The Hall–Kier alpha value is -1.22. The highest BCUT2D eigenvalue weighted by Gasteiger charge is 2.18. The normalized spacial score (nSPS) is 17.3. The third-order valence-electron chi connectivity index (χ3n) is 2.19. The topological polar surface area (TPSA) is 99.2 Å². The first-order valence-electron chi connectivity index (χ1n) is 5.44. The lowest BCUT2D eigenvalue weighted by atomic mass is 10.6. The standard InChI is InChI=1S/C9H15N5O2S2/c1-7-4-11-8(13-7)5-17-3-2-10-9-12-6-18(15,16)14-9/h4H,2-3,5-6H2,1H3,(H,11,13)(H2,10,12,14). The summed E-state index contributed by atoms with van der Waals surface area (Å²) < 4.78 is 25.5. The summed E-state index contributed by atoms with van der Waals surface area (Å²) in [6.45, 7) is 2.62. The van der Waals surface area contributed by atoms with Gasteiger partial charge in [-0.05, 0) is 6.92 Å². The number of nitrogens with one attached hydrogen (secondary N) is 3. The van der Waals surface area contributed by atoms with Gasteiger partial charge in [0.2, 0.25) is 5.96 Å². The van der Waals surface area contributed by atoms with E-state index in [1.54, 1.807) is 18.0 Å². The van der Waals surface area contributed by atoms with Crippen molar-refractivity contribution >= 4 is 27.7 Å². The summed E-state index contributed by atoms with van der Waals surface area (Å²) in [6, 6.07) is 0. The first-order valence-corrected chi connectivity index (χ1v) is 8.20. The molecule has 0 fully saturated rings. The van der Waals surface area contributed by atoms with Crippen molar-refractivity contribution in [3.05, 3.63) is 17.7 Å². The van der Waals surface area contributed by atoms with E-state index in [1.165, 1.54) is 0 Å². The SMILES string of the molecule is Cc1cnc(CSCCNC2=NS(=O)(=O)CN2)[nH]1. The number of hydrogen-bond donors (Lipinski definition) is 3. The number of aromatic nitrogens is 2. The summed E-state index contributed by atoms with van der Waals surface area (Å²) in [7, 11) is -3.29. The van der Waals surface area contributed by atoms with Crippen molar-refractivity contribution in [1.82, 2.24) is 20.6 Å². The van der Waals surface area contributed by atoms with Crippen molar-refractivity contribution in [3.8, 4) is 0 Å². The van der Waals surface area contributed by atoms with Crippen LogP contribution in [0.4, 0.5) is 0 Å². The van der Waals surface area contributed by atoms with Gasteiger partial charge in [-0.3, -0.25) is 0 Å². The van der Waals surface area contributed by atoms with Crippen LogP contribution in [0.2, 0.25) is 0 Å². The van der Waals surface area contributed by atoms with Gasteiger partial charge in [0.05, 0.1) is 5.75 Å². The number of aromatic amines is 1. The van der Waals surface area contributed by atoms with Gasteiger partial charge in [0.15, 0.2) is 0 Å². The van der Waals surface area contributed by atoms with Gasteiger partial charge >= 0.3 is 0 Å². The molecule has 0 saturated carbocycles. The number of sulfonamides is 1. The van der Waals surface area contributed by atoms with Crippen molar-refractivity contribution in [2.24, 2.45) is 4.40 Å². The molecule has 0 bridgehead atoms. The number of aryl methyl sites for hydroxylation is 1. The second kappa shape index (κ2) is 5.61. The molecule has 0 saturated heterocycles. The molecule has 0 atom stereocenters. The zero-order chi connectivity index (χ0) is 13.0. The zero-order valence-corrected chi connectivity index (χ0v) is 11.6. The number of hydrogen-bond acceptors (Lipinski definition) is 6. The molecule has 100 valence electrons. The van der Waals surface area contributed by atoms with Crippen LogP contribution in [0.1, 0.15) is 11.5 Å². The minimum atomic E-state index is -3.29. The van der Waals surface area contributed by atoms with Crippen LogP contribution in [0.3, 0.4) is 0 Å². The molecule has 0 aliphatic carbocycles. The fourth-order valence-electron chi connectivity index (χ4n) is 1.41. The molecule has 9 heteroatoms. The largest absolute Gasteiger partial charge is 0.355 e. The fraction of sp³-hybridized carbons (Fsp3) is 0.556. The van der Waals surface area contributed by atoms with Crippen LogP contribution in [0.25, 0.3) is 0 Å². The fourth-order valence-corrected chi connectivity index (χ4v) is 2.93. The average Bonchev–Trinajstić information content (AvgIpc) is 2.85. The minimum Gasteiger partial charge on any atom is -0.355 e. The molecule has 7 nitrogen and oxygen atoms in total. The van der Waals surface area contributed by atoms with Gasteiger partial charge in [-0.2, -0.15) is 11.8 Å². The van der Waals surface area contributed by atoms with E-state index in [0.29, 0.717) is 12.5 Å². The molecule has 0 aromatic carbocycles. The first kappa shape index (κ1) is 13.2. The molecule has 1 aliphatic rings. The Bertz CT molecular complexity index is 537. The molecule has 1 aromatic heterocycles. The van der Waals surface area contributed by atoms with E-state index in [1.807, 2.05) is 6.92 Å². The highest BCUT2D eigenvalue weighted by Crippen LogP contribution is 2.08. The van der Waals surface area contributed by atoms with E-state index in [9.17, 15) is 8.42 Å². The van der Waals surface area contributed by atoms with E-state index < -0.39 is 10.0 Å². The van der Waals surface area contributed by atoms with Gasteiger partial charge in [-0.15, -0.1) is 4.40 Å². The Morgan fingerprint density at radius 2 is 2.39 bits per heavy atom. The van der Waals surface area contributed by atoms with E-state index in [4.69, 9.17) is 0 Å². The zero-order valence-electron chi connectivity index (χ0n) is 9.93. The maximum Gasteiger partial charge on any atom is 0.274 e. The number of imidazole rings is 1. The van der Waals surface area contributed by atoms with E-state index in [2.05, 4.69) is 25.0 Å². The summed E-state index contributed by atoms with van der Waals surface area (Å²) in [4.78, 5) is 7.35. The molecule has 1 aromatic rings. The van der Waals surface area contributed by atoms with Crippen LogP contribution in [-0.4, -0.2) is 42.5 Å². The lowest BCUT2D eigenvalue weighted by molar-refractivity contribution is 0.599. The van der Waals surface area contributed by atoms with Gasteiger partial charge < -0.3 is 15.6 Å². The Morgan fingerprint density at radius 1 is 1.56 bits per heavy atom. The van der Waals surface area contributed by atoms with Crippen molar-refractivity contribution in [1.29, 1.82) is 0 Å². The predicted molar refractivity (Wildman–Crippen MR) is 71.8 cm³/mol. The van der Waals surface area contributed by atoms with E-state index in [0.717, 1.165) is 23.0 Å². The number of H-pyrrole nitrogens is 1. The monoisotopic (exact) mass is 289 g/mol. The summed E-state index contributed by atoms with van der Waals surface area (Å²) in [5, 5.41) is 5.62. The Labute approximate surface area is 110 Å². The quantitative estimate of drug-likeness (QED) is 0.649. The smallest absolute Gasteiger partial charge is 0.274 e. The molecule has 2 rings (SSSR count). The summed E-state index contributed by atoms with van der Waals surface area (Å²) >= 11 is 1.71. The average molecular weight is 289 g/mol. The third-order valence-corrected chi connectivity index (χ3v) is 4.13. The molecule has 0 unspecified atom stereocenters. The number of rotatable bonds is 5. The van der Waals surface area contributed by atoms with Crippen molar-refractivity contribution in [2.45, 2.75) is 12.7 Å². The van der Waals surface area contributed by atoms with Crippen LogP contribution in [-0.2, 0) is 15.8 Å². The second-order valence-electron chi connectivity index (χ2n) is 3.84. The predicted octanol–water partition coefficient (Wildman–Crippen LogP) is -0.213. The molecule has 1 aliphatic heterocycles. The van der Waals surface area contributed by atoms with Gasteiger partial charge in [-0.25, -0.2) is 13.4 Å². The van der Waals surface area contributed by atoms with Crippen LogP contribution in [0.5, 0.6) is 0 Å². The van der Waals surface area contributed by atoms with Crippen molar-refractivity contribution in [3.63, 3.8) is 0 Å². The molecular formula is C9H15N5O2S2. The second-order valence-corrected chi connectivity index (χ2v) is 6.58. The van der Waals surface area contributed by atoms with Crippen LogP contribution < -0.4 is 10.6 Å². The van der Waals surface area contributed by atoms with Crippen LogP contribution in [0.15, 0.2) is 10.6 Å². The van der Waals surface area contributed by atoms with Gasteiger partial charge in [0.1, 0.15) is 11.7 Å². The van der Waals surface area contributed by atoms with Gasteiger partial charge in [0, 0.05) is 24.2 Å². The Balaban J connectivity index is 1.62. The van der Waals surface area contributed by atoms with Gasteiger partial charge in [0.25, 0.3) is 10.0 Å². The van der Waals surface area contributed by atoms with Crippen molar-refractivity contribution in [2.75, 3.05) is 18.2 Å². The summed E-state index contributed by atoms with van der Waals surface area (Å²) in [5.41, 5.74) is 1.05. The molecule has 3 N–H and O–H groups in total. The highest BCUT2D eigenvalue weighted by atomic mass is 32.2. The Morgan fingerprint density at radius 3 is 3.00 bits per heavy atom. The summed E-state index contributed by atoms with van der Waals surface area (Å²) in [5.74, 6) is 2.84. The maximum absolute atomic E-state index is 11.0.